The molecule has 0 aliphatic carbocycles. The van der Waals surface area contributed by atoms with Gasteiger partial charge in [0.2, 0.25) is 5.91 Å². The maximum Gasteiger partial charge on any atom is 0.312 e. The molecule has 3 amide bonds. The van der Waals surface area contributed by atoms with E-state index in [4.69, 9.17) is 0 Å². The molecule has 8 heteroatoms. The highest BCUT2D eigenvalue weighted by atomic mass is 19.1. The second-order valence-electron chi connectivity index (χ2n) is 8.42. The van der Waals surface area contributed by atoms with Crippen molar-refractivity contribution in [3.63, 3.8) is 0 Å². The largest absolute Gasteiger partial charge is 0.368 e. The number of hydrogen-bond donors (Lipinski definition) is 0. The predicted octanol–water partition coefficient (Wildman–Crippen LogP) is 2.12. The van der Waals surface area contributed by atoms with Gasteiger partial charge in [-0.1, -0.05) is 37.3 Å². The van der Waals surface area contributed by atoms with Gasteiger partial charge in [0.1, 0.15) is 11.9 Å². The van der Waals surface area contributed by atoms with Gasteiger partial charge in [-0.15, -0.1) is 0 Å². The molecule has 0 unspecified atom stereocenters. The van der Waals surface area contributed by atoms with Crippen LogP contribution in [0.5, 0.6) is 0 Å². The highest BCUT2D eigenvalue weighted by Crippen LogP contribution is 2.20. The van der Waals surface area contributed by atoms with Crippen molar-refractivity contribution in [3.8, 4) is 0 Å². The number of carbonyl (C=O) groups excluding carboxylic acids is 3. The van der Waals surface area contributed by atoms with Gasteiger partial charge >= 0.3 is 11.8 Å². The van der Waals surface area contributed by atoms with E-state index < -0.39 is 17.9 Å². The van der Waals surface area contributed by atoms with Crippen LogP contribution in [0, 0.1) is 5.82 Å². The van der Waals surface area contributed by atoms with Crippen LogP contribution in [0.2, 0.25) is 0 Å². The molecule has 0 radical (unpaired) electrons. The van der Waals surface area contributed by atoms with Crippen LogP contribution in [-0.4, -0.2) is 77.7 Å². The number of anilines is 1. The van der Waals surface area contributed by atoms with E-state index in [-0.39, 0.29) is 18.3 Å². The van der Waals surface area contributed by atoms with Gasteiger partial charge in [-0.2, -0.15) is 0 Å². The lowest BCUT2D eigenvalue weighted by molar-refractivity contribution is -0.161. The third kappa shape index (κ3) is 4.99. The molecule has 2 aliphatic heterocycles. The molecule has 33 heavy (non-hydrogen) atoms. The van der Waals surface area contributed by atoms with Crippen molar-refractivity contribution in [1.29, 1.82) is 0 Å². The lowest BCUT2D eigenvalue weighted by atomic mass is 10.1. The van der Waals surface area contributed by atoms with Gasteiger partial charge in [0, 0.05) is 51.5 Å². The topological polar surface area (TPSA) is 64.2 Å². The van der Waals surface area contributed by atoms with Crippen molar-refractivity contribution < 1.29 is 18.8 Å². The molecule has 2 heterocycles. The third-order valence-corrected chi connectivity index (χ3v) is 6.39. The van der Waals surface area contributed by atoms with Crippen LogP contribution >= 0.6 is 0 Å². The minimum absolute atomic E-state index is 0.0988. The predicted molar refractivity (Wildman–Crippen MR) is 123 cm³/mol. The molecule has 7 nitrogen and oxygen atoms in total. The summed E-state index contributed by atoms with van der Waals surface area (Å²) in [4.78, 5) is 45.9. The van der Waals surface area contributed by atoms with Crippen LogP contribution in [0.15, 0.2) is 54.6 Å². The molecule has 0 N–H and O–H groups in total. The lowest BCUT2D eigenvalue weighted by Crippen LogP contribution is -2.61. The molecule has 4 rings (SSSR count). The summed E-state index contributed by atoms with van der Waals surface area (Å²) < 4.78 is 13.1. The van der Waals surface area contributed by atoms with E-state index in [1.807, 2.05) is 25.1 Å². The monoisotopic (exact) mass is 452 g/mol. The van der Waals surface area contributed by atoms with Crippen molar-refractivity contribution in [2.24, 2.45) is 0 Å². The number of para-hydroxylation sites is 1. The SMILES string of the molecule is CC[C@@H](C(=O)N1CCN(c2ccccc2)CC1)N1CCN(Cc2ccc(F)cc2)C(=O)C1=O. The van der Waals surface area contributed by atoms with E-state index in [1.54, 1.807) is 17.0 Å². The van der Waals surface area contributed by atoms with Crippen LogP contribution in [0.1, 0.15) is 18.9 Å². The second kappa shape index (κ2) is 10.0. The summed E-state index contributed by atoms with van der Waals surface area (Å²) in [7, 11) is 0. The highest BCUT2D eigenvalue weighted by Gasteiger charge is 2.40. The fourth-order valence-electron chi connectivity index (χ4n) is 4.51. The smallest absolute Gasteiger partial charge is 0.312 e. The summed E-state index contributed by atoms with van der Waals surface area (Å²) in [6, 6.07) is 15.3. The van der Waals surface area contributed by atoms with Gasteiger partial charge in [-0.05, 0) is 36.2 Å². The first-order chi connectivity index (χ1) is 16.0. The average Bonchev–Trinajstić information content (AvgIpc) is 2.85. The number of carbonyl (C=O) groups is 3. The first-order valence-corrected chi connectivity index (χ1v) is 11.4. The molecule has 2 aromatic rings. The Morgan fingerprint density at radius 1 is 0.879 bits per heavy atom. The Balaban J connectivity index is 1.36. The summed E-state index contributed by atoms with van der Waals surface area (Å²) in [5.74, 6) is -1.71. The molecule has 0 spiro atoms. The van der Waals surface area contributed by atoms with Crippen LogP contribution < -0.4 is 4.90 Å². The molecule has 1 atom stereocenters. The van der Waals surface area contributed by atoms with Gasteiger partial charge in [0.15, 0.2) is 0 Å². The van der Waals surface area contributed by atoms with E-state index in [2.05, 4.69) is 17.0 Å². The molecule has 0 bridgehead atoms. The number of rotatable bonds is 6. The molecule has 0 aromatic heterocycles. The van der Waals surface area contributed by atoms with E-state index in [9.17, 15) is 18.8 Å². The number of halogens is 1. The van der Waals surface area contributed by atoms with Gasteiger partial charge in [-0.25, -0.2) is 4.39 Å². The maximum absolute atomic E-state index is 13.3. The van der Waals surface area contributed by atoms with E-state index in [0.29, 0.717) is 32.6 Å². The Morgan fingerprint density at radius 2 is 1.55 bits per heavy atom. The minimum atomic E-state index is -0.647. The van der Waals surface area contributed by atoms with Crippen molar-refractivity contribution >= 4 is 23.4 Å². The van der Waals surface area contributed by atoms with E-state index in [0.717, 1.165) is 24.3 Å². The second-order valence-corrected chi connectivity index (χ2v) is 8.42. The Kier molecular flexibility index (Phi) is 6.91. The zero-order valence-corrected chi connectivity index (χ0v) is 18.8. The number of amides is 3. The third-order valence-electron chi connectivity index (χ3n) is 6.39. The zero-order valence-electron chi connectivity index (χ0n) is 18.8. The number of benzene rings is 2. The Morgan fingerprint density at radius 3 is 2.18 bits per heavy atom. The van der Waals surface area contributed by atoms with E-state index >= 15 is 0 Å². The maximum atomic E-state index is 13.3. The number of piperazine rings is 2. The lowest BCUT2D eigenvalue weighted by Gasteiger charge is -2.41. The van der Waals surface area contributed by atoms with E-state index in [1.165, 1.54) is 21.9 Å². The van der Waals surface area contributed by atoms with Crippen LogP contribution in [0.25, 0.3) is 0 Å². The molecule has 2 aliphatic rings. The summed E-state index contributed by atoms with van der Waals surface area (Å²) in [5, 5.41) is 0. The van der Waals surface area contributed by atoms with Crippen molar-refractivity contribution in [3.05, 3.63) is 66.0 Å². The highest BCUT2D eigenvalue weighted by molar-refractivity contribution is 6.35. The number of hydrogen-bond acceptors (Lipinski definition) is 4. The molecule has 2 saturated heterocycles. The van der Waals surface area contributed by atoms with Gasteiger partial charge in [0.25, 0.3) is 0 Å². The fraction of sp³-hybridized carbons (Fsp3) is 0.400. The Bertz CT molecular complexity index is 990. The minimum Gasteiger partial charge on any atom is -0.368 e. The normalized spacial score (nSPS) is 18.0. The summed E-state index contributed by atoms with van der Waals surface area (Å²) in [6.07, 6.45) is 0.453. The Labute approximate surface area is 193 Å². The quantitative estimate of drug-likeness (QED) is 0.630. The molecule has 2 fully saturated rings. The van der Waals surface area contributed by atoms with Crippen molar-refractivity contribution in [2.75, 3.05) is 44.2 Å². The molecular formula is C25H29FN4O3. The van der Waals surface area contributed by atoms with Crippen LogP contribution in [-0.2, 0) is 20.9 Å². The Hall–Kier alpha value is -3.42. The van der Waals surface area contributed by atoms with Crippen LogP contribution in [0.4, 0.5) is 10.1 Å². The summed E-state index contributed by atoms with van der Waals surface area (Å²) in [6.45, 7) is 5.37. The van der Waals surface area contributed by atoms with Crippen molar-refractivity contribution in [2.45, 2.75) is 25.9 Å². The first-order valence-electron chi connectivity index (χ1n) is 11.4. The molecule has 174 valence electrons. The molecular weight excluding hydrogens is 423 g/mol. The zero-order chi connectivity index (χ0) is 23.4. The molecule has 2 aromatic carbocycles. The standard InChI is InChI=1S/C25H29FN4O3/c1-2-22(23(31)28-14-12-27(13-15-28)21-6-4-3-5-7-21)30-17-16-29(24(32)25(30)33)18-19-8-10-20(26)11-9-19/h3-11,22H,2,12-18H2,1H3/t22-/m0/s1. The average molecular weight is 453 g/mol. The summed E-state index contributed by atoms with van der Waals surface area (Å²) in [5.41, 5.74) is 1.89. The number of nitrogens with zero attached hydrogens (tertiary/aromatic N) is 4. The molecule has 0 saturated carbocycles. The van der Waals surface area contributed by atoms with Gasteiger partial charge < -0.3 is 19.6 Å². The van der Waals surface area contributed by atoms with Gasteiger partial charge in [-0.3, -0.25) is 14.4 Å². The summed E-state index contributed by atoms with van der Waals surface area (Å²) >= 11 is 0. The van der Waals surface area contributed by atoms with Crippen LogP contribution in [0.3, 0.4) is 0 Å². The van der Waals surface area contributed by atoms with Crippen molar-refractivity contribution in [1.82, 2.24) is 14.7 Å². The fourth-order valence-corrected chi connectivity index (χ4v) is 4.51. The van der Waals surface area contributed by atoms with Gasteiger partial charge in [0.05, 0.1) is 0 Å². The first kappa shape index (κ1) is 22.8.